The maximum atomic E-state index is 6.73. The van der Waals surface area contributed by atoms with Crippen LogP contribution >= 0.6 is 0 Å². The average Bonchev–Trinajstić information content (AvgIpc) is 3.23. The van der Waals surface area contributed by atoms with Gasteiger partial charge in [0.05, 0.1) is 0 Å². The average molecular weight is 671 g/mol. The van der Waals surface area contributed by atoms with Crippen molar-refractivity contribution in [2.45, 2.75) is 54.0 Å². The van der Waals surface area contributed by atoms with E-state index in [1.165, 1.54) is 44.5 Å². The van der Waals surface area contributed by atoms with E-state index in [-0.39, 0.29) is 6.04 Å². The first-order chi connectivity index (χ1) is 24.7. The molecule has 1 atom stereocenters. The highest BCUT2D eigenvalue weighted by molar-refractivity contribution is 5.85. The van der Waals surface area contributed by atoms with Crippen molar-refractivity contribution in [1.29, 1.82) is 0 Å². The molecule has 1 unspecified atom stereocenters. The second-order valence-corrected chi connectivity index (χ2v) is 13.1. The summed E-state index contributed by atoms with van der Waals surface area (Å²) in [6, 6.07) is 32.6. The van der Waals surface area contributed by atoms with Gasteiger partial charge < -0.3 is 11.1 Å². The minimum absolute atomic E-state index is 0.0156. The van der Waals surface area contributed by atoms with Gasteiger partial charge in [-0.1, -0.05) is 118 Å². The molecule has 1 aliphatic rings. The zero-order valence-electron chi connectivity index (χ0n) is 31.3. The van der Waals surface area contributed by atoms with Gasteiger partial charge in [0.15, 0.2) is 0 Å². The van der Waals surface area contributed by atoms with E-state index in [9.17, 15) is 0 Å². The number of nitrogens with two attached hydrogens (primary N) is 1. The highest BCUT2D eigenvalue weighted by Crippen LogP contribution is 2.37. The van der Waals surface area contributed by atoms with Crippen LogP contribution in [0.5, 0.6) is 0 Å². The molecule has 0 radical (unpaired) electrons. The monoisotopic (exact) mass is 670 g/mol. The van der Waals surface area contributed by atoms with Crippen molar-refractivity contribution in [3.63, 3.8) is 0 Å². The second kappa shape index (κ2) is 18.4. The van der Waals surface area contributed by atoms with Gasteiger partial charge >= 0.3 is 0 Å². The third kappa shape index (κ3) is 9.55. The molecule has 260 valence electrons. The minimum Gasteiger partial charge on any atom is -0.398 e. The predicted octanol–water partition coefficient (Wildman–Crippen LogP) is 13.1. The van der Waals surface area contributed by atoms with E-state index >= 15 is 0 Å². The molecule has 2 bridgehead atoms. The number of allylic oxidation sites excluding steroid dienone is 9. The Balaban J connectivity index is 0.00000286. The number of nitrogens with one attached hydrogen (secondary N) is 1. The van der Waals surface area contributed by atoms with Crippen molar-refractivity contribution in [1.82, 2.24) is 5.32 Å². The molecule has 0 amide bonds. The Morgan fingerprint density at radius 3 is 2.00 bits per heavy atom. The van der Waals surface area contributed by atoms with E-state index in [1.807, 2.05) is 31.2 Å². The number of rotatable bonds is 12. The molecule has 0 saturated heterocycles. The van der Waals surface area contributed by atoms with Gasteiger partial charge in [0.1, 0.15) is 0 Å². The topological polar surface area (TPSA) is 38.0 Å². The number of benzene rings is 4. The molecule has 2 nitrogen and oxygen atoms in total. The maximum Gasteiger partial charge on any atom is 0.0486 e. The molecule has 1 aliphatic carbocycles. The molecular formula is C49H54N2. The largest absolute Gasteiger partial charge is 0.398 e. The molecule has 3 N–H and O–H groups in total. The van der Waals surface area contributed by atoms with Crippen LogP contribution in [0.2, 0.25) is 0 Å². The summed E-state index contributed by atoms with van der Waals surface area (Å²) in [6.07, 6.45) is 18.1. The van der Waals surface area contributed by atoms with Gasteiger partial charge in [-0.2, -0.15) is 0 Å². The summed E-state index contributed by atoms with van der Waals surface area (Å²) in [7, 11) is 0. The normalized spacial score (nSPS) is 13.9. The smallest absolute Gasteiger partial charge is 0.0486 e. The first-order valence-electron chi connectivity index (χ1n) is 18.0. The molecule has 0 aliphatic heterocycles. The van der Waals surface area contributed by atoms with E-state index < -0.39 is 0 Å². The van der Waals surface area contributed by atoms with Crippen LogP contribution in [0.15, 0.2) is 158 Å². The fourth-order valence-corrected chi connectivity index (χ4v) is 6.34. The molecular weight excluding hydrogens is 617 g/mol. The lowest BCUT2D eigenvalue weighted by molar-refractivity contribution is 0.701. The first kappa shape index (κ1) is 38.2. The van der Waals surface area contributed by atoms with E-state index in [2.05, 4.69) is 175 Å². The summed E-state index contributed by atoms with van der Waals surface area (Å²) in [5.41, 5.74) is 22.8. The zero-order valence-corrected chi connectivity index (χ0v) is 31.3. The van der Waals surface area contributed by atoms with Gasteiger partial charge in [0.2, 0.25) is 0 Å². The van der Waals surface area contributed by atoms with Crippen molar-refractivity contribution in [3.05, 3.63) is 197 Å². The number of hydrogen-bond donors (Lipinski definition) is 2. The van der Waals surface area contributed by atoms with Crippen LogP contribution < -0.4 is 11.1 Å². The van der Waals surface area contributed by atoms with E-state index in [0.717, 1.165) is 40.1 Å². The van der Waals surface area contributed by atoms with Crippen LogP contribution in [0.25, 0.3) is 40.2 Å². The van der Waals surface area contributed by atoms with Gasteiger partial charge in [-0.3, -0.25) is 0 Å². The fourth-order valence-electron chi connectivity index (χ4n) is 6.34. The summed E-state index contributed by atoms with van der Waals surface area (Å²) in [4.78, 5) is 0. The predicted molar refractivity (Wildman–Crippen MR) is 227 cm³/mol. The first-order valence-corrected chi connectivity index (χ1v) is 18.0. The van der Waals surface area contributed by atoms with Crippen molar-refractivity contribution >= 4 is 29.1 Å². The molecule has 0 fully saturated rings. The fraction of sp³-hybridized carbons (Fsp3) is 0.184. The third-order valence-electron chi connectivity index (χ3n) is 9.16. The van der Waals surface area contributed by atoms with Crippen LogP contribution in [0.3, 0.4) is 0 Å². The summed E-state index contributed by atoms with van der Waals surface area (Å²) < 4.78 is 0. The Hall–Kier alpha value is -5.60. The van der Waals surface area contributed by atoms with Gasteiger partial charge in [0, 0.05) is 17.4 Å². The van der Waals surface area contributed by atoms with Crippen LogP contribution in [-0.4, -0.2) is 0 Å². The molecule has 5 rings (SSSR count). The van der Waals surface area contributed by atoms with Gasteiger partial charge in [0.25, 0.3) is 0 Å². The lowest BCUT2D eigenvalue weighted by atomic mass is 9.91. The number of fused-ring (bicyclic) bond motifs is 2. The Kier molecular flexibility index (Phi) is 13.8. The van der Waals surface area contributed by atoms with Crippen molar-refractivity contribution in [2.75, 3.05) is 0 Å². The highest BCUT2D eigenvalue weighted by Gasteiger charge is 2.18. The summed E-state index contributed by atoms with van der Waals surface area (Å²) in [5, 5.41) is 3.91. The minimum atomic E-state index is -0.0156. The van der Waals surface area contributed by atoms with Crippen LogP contribution in [0, 0.1) is 12.8 Å². The molecule has 0 spiro atoms. The van der Waals surface area contributed by atoms with E-state index in [1.54, 1.807) is 0 Å². The van der Waals surface area contributed by atoms with Crippen LogP contribution in [0.1, 0.15) is 86.0 Å². The Morgan fingerprint density at radius 1 is 0.804 bits per heavy atom. The van der Waals surface area contributed by atoms with Crippen molar-refractivity contribution < 1.29 is 0 Å². The molecule has 0 aromatic heterocycles. The molecule has 0 saturated carbocycles. The Labute approximate surface area is 307 Å². The molecule has 4 aromatic rings. The zero-order chi connectivity index (χ0) is 36.9. The molecule has 51 heavy (non-hydrogen) atoms. The Morgan fingerprint density at radius 2 is 1.41 bits per heavy atom. The standard InChI is InChI=1S/C47H50N2.C2H4/c1-8-11-23-46(48)44-28-41(27-43(29-44)42-25-39-24-35(10-3)45(32(4)5)30-40(26-42)33(39)6)34(7)49-47(37-21-16-13-17-22-37)31-38(18-9-2)36-19-14-12-15-20-36;1-2/h8,10-32,34,49H,3,9,48H2,1-2,4-7H3;1-2H2/b11-8-,38-18-,46-23-,47-31-;. The van der Waals surface area contributed by atoms with Crippen LogP contribution in [0.4, 0.5) is 0 Å². The quantitative estimate of drug-likeness (QED) is 0.116. The second-order valence-electron chi connectivity index (χ2n) is 13.1. The third-order valence-corrected chi connectivity index (χ3v) is 9.16. The lowest BCUT2D eigenvalue weighted by Gasteiger charge is -2.22. The lowest BCUT2D eigenvalue weighted by Crippen LogP contribution is -2.18. The summed E-state index contributed by atoms with van der Waals surface area (Å²) in [6.45, 7) is 23.3. The van der Waals surface area contributed by atoms with Gasteiger partial charge in [-0.15, -0.1) is 13.2 Å². The van der Waals surface area contributed by atoms with E-state index in [0.29, 0.717) is 5.92 Å². The van der Waals surface area contributed by atoms with E-state index in [4.69, 9.17) is 5.73 Å². The highest BCUT2D eigenvalue weighted by atomic mass is 14.9. The Bertz CT molecular complexity index is 2000. The summed E-state index contributed by atoms with van der Waals surface area (Å²) >= 11 is 0. The van der Waals surface area contributed by atoms with Gasteiger partial charge in [-0.05, 0) is 148 Å². The molecule has 4 aromatic carbocycles. The summed E-state index contributed by atoms with van der Waals surface area (Å²) in [5.74, 6) is 0.390. The van der Waals surface area contributed by atoms with Gasteiger partial charge in [-0.25, -0.2) is 0 Å². The number of hydrogen-bond acceptors (Lipinski definition) is 2. The van der Waals surface area contributed by atoms with Crippen LogP contribution in [-0.2, 0) is 0 Å². The van der Waals surface area contributed by atoms with Crippen molar-refractivity contribution in [2.24, 2.45) is 11.7 Å². The maximum absolute atomic E-state index is 6.73. The SMILES string of the molecule is C=C.C=CC1=Cc2cc(-c3cc(/C(N)=C/C=C\C)cc(C(C)N/C(=C\C(=C\CC)c4ccccc4)c4ccccc4)c3)cc(c2C)C=C1C(C)C. The van der Waals surface area contributed by atoms with Crippen molar-refractivity contribution in [3.8, 4) is 11.1 Å². The molecule has 0 heterocycles. The molecule has 2 heteroatoms.